The van der Waals surface area contributed by atoms with E-state index in [9.17, 15) is 9.59 Å². The summed E-state index contributed by atoms with van der Waals surface area (Å²) >= 11 is 13.5. The van der Waals surface area contributed by atoms with Crippen molar-refractivity contribution in [3.05, 3.63) is 56.2 Å². The maximum Gasteiger partial charge on any atom is 0.253 e. The molecule has 0 saturated carbocycles. The standard InChI is InChI=1S/C18H18Cl2N2O2S/c19-15-4-3-12(10-16(15)20)18(24)22-7-5-13(6-8-22)21-17(23)11-14-2-1-9-25-14/h1-4,9-10,13H,5-8,11H2,(H,21,23). The number of thiophene rings is 1. The van der Waals surface area contributed by atoms with Crippen molar-refractivity contribution in [1.29, 1.82) is 0 Å². The van der Waals surface area contributed by atoms with Crippen molar-refractivity contribution in [3.63, 3.8) is 0 Å². The Labute approximate surface area is 160 Å². The SMILES string of the molecule is O=C(Cc1cccs1)NC1CCN(C(=O)c2ccc(Cl)c(Cl)c2)CC1. The third-order valence-electron chi connectivity index (χ3n) is 4.23. The molecule has 1 aromatic carbocycles. The molecule has 2 aromatic rings. The number of hydrogen-bond acceptors (Lipinski definition) is 3. The number of carbonyl (C=O) groups is 2. The lowest BCUT2D eigenvalue weighted by molar-refractivity contribution is -0.121. The number of carbonyl (C=O) groups excluding carboxylic acids is 2. The number of hydrogen-bond donors (Lipinski definition) is 1. The number of nitrogens with zero attached hydrogens (tertiary/aromatic N) is 1. The summed E-state index contributed by atoms with van der Waals surface area (Å²) in [5, 5.41) is 5.85. The summed E-state index contributed by atoms with van der Waals surface area (Å²) in [4.78, 5) is 27.5. The van der Waals surface area contributed by atoms with Crippen LogP contribution in [0.15, 0.2) is 35.7 Å². The third-order valence-corrected chi connectivity index (χ3v) is 5.84. The highest BCUT2D eigenvalue weighted by atomic mass is 35.5. The molecule has 0 bridgehead atoms. The average Bonchev–Trinajstić information content (AvgIpc) is 3.10. The lowest BCUT2D eigenvalue weighted by atomic mass is 10.0. The van der Waals surface area contributed by atoms with Gasteiger partial charge in [-0.3, -0.25) is 9.59 Å². The molecule has 1 saturated heterocycles. The fourth-order valence-corrected chi connectivity index (χ4v) is 3.89. The molecule has 1 aromatic heterocycles. The van der Waals surface area contributed by atoms with Crippen molar-refractivity contribution < 1.29 is 9.59 Å². The average molecular weight is 397 g/mol. The highest BCUT2D eigenvalue weighted by Gasteiger charge is 2.25. The van der Waals surface area contributed by atoms with E-state index >= 15 is 0 Å². The van der Waals surface area contributed by atoms with Gasteiger partial charge in [-0.05, 0) is 42.5 Å². The van der Waals surface area contributed by atoms with E-state index < -0.39 is 0 Å². The van der Waals surface area contributed by atoms with Gasteiger partial charge in [0.15, 0.2) is 0 Å². The maximum atomic E-state index is 12.5. The summed E-state index contributed by atoms with van der Waals surface area (Å²) in [5.41, 5.74) is 0.537. The summed E-state index contributed by atoms with van der Waals surface area (Å²) in [6, 6.07) is 8.94. The first kappa shape index (κ1) is 18.2. The van der Waals surface area contributed by atoms with E-state index in [1.807, 2.05) is 17.5 Å². The van der Waals surface area contributed by atoms with Gasteiger partial charge in [-0.15, -0.1) is 11.3 Å². The molecule has 3 rings (SSSR count). The second kappa shape index (κ2) is 8.21. The lowest BCUT2D eigenvalue weighted by Crippen LogP contribution is -2.46. The first-order valence-electron chi connectivity index (χ1n) is 8.09. The number of benzene rings is 1. The normalized spacial score (nSPS) is 15.2. The van der Waals surface area contributed by atoms with Crippen LogP contribution in [0.3, 0.4) is 0 Å². The fraction of sp³-hybridized carbons (Fsp3) is 0.333. The van der Waals surface area contributed by atoms with Crippen LogP contribution in [-0.2, 0) is 11.2 Å². The van der Waals surface area contributed by atoms with Crippen LogP contribution in [0.25, 0.3) is 0 Å². The Hall–Kier alpha value is -1.56. The van der Waals surface area contributed by atoms with Gasteiger partial charge in [0, 0.05) is 29.6 Å². The molecule has 4 nitrogen and oxygen atoms in total. The van der Waals surface area contributed by atoms with E-state index in [0.29, 0.717) is 35.1 Å². The number of piperidine rings is 1. The maximum absolute atomic E-state index is 12.5. The van der Waals surface area contributed by atoms with Crippen LogP contribution in [0.4, 0.5) is 0 Å². The van der Waals surface area contributed by atoms with E-state index in [1.165, 1.54) is 0 Å². The molecule has 1 aliphatic rings. The molecule has 0 spiro atoms. The van der Waals surface area contributed by atoms with Gasteiger partial charge in [-0.1, -0.05) is 29.3 Å². The Morgan fingerprint density at radius 2 is 1.92 bits per heavy atom. The summed E-state index contributed by atoms with van der Waals surface area (Å²) in [6.45, 7) is 1.23. The van der Waals surface area contributed by atoms with E-state index in [0.717, 1.165) is 17.7 Å². The molecule has 0 atom stereocenters. The molecular weight excluding hydrogens is 379 g/mol. The first-order chi connectivity index (χ1) is 12.0. The highest BCUT2D eigenvalue weighted by Crippen LogP contribution is 2.24. The van der Waals surface area contributed by atoms with Gasteiger partial charge in [-0.2, -0.15) is 0 Å². The van der Waals surface area contributed by atoms with E-state index in [4.69, 9.17) is 23.2 Å². The molecular formula is C18H18Cl2N2O2S. The summed E-state index contributed by atoms with van der Waals surface area (Å²) in [7, 11) is 0. The number of nitrogens with one attached hydrogen (secondary N) is 1. The third kappa shape index (κ3) is 4.75. The number of halogens is 2. The molecule has 1 N–H and O–H groups in total. The fourth-order valence-electron chi connectivity index (χ4n) is 2.89. The van der Waals surface area contributed by atoms with E-state index in [-0.39, 0.29) is 17.9 Å². The molecule has 2 amide bonds. The topological polar surface area (TPSA) is 49.4 Å². The smallest absolute Gasteiger partial charge is 0.253 e. The Balaban J connectivity index is 1.50. The molecule has 0 unspecified atom stereocenters. The monoisotopic (exact) mass is 396 g/mol. The highest BCUT2D eigenvalue weighted by molar-refractivity contribution is 7.10. The minimum absolute atomic E-state index is 0.0386. The molecule has 0 aliphatic carbocycles. The van der Waals surface area contributed by atoms with Crippen LogP contribution >= 0.6 is 34.5 Å². The molecule has 132 valence electrons. The van der Waals surface area contributed by atoms with Gasteiger partial charge >= 0.3 is 0 Å². The number of likely N-dealkylation sites (tertiary alicyclic amines) is 1. The van der Waals surface area contributed by atoms with Crippen LogP contribution < -0.4 is 5.32 Å². The molecule has 1 aliphatic heterocycles. The Kier molecular flexibility index (Phi) is 5.99. The van der Waals surface area contributed by atoms with Gasteiger partial charge in [0.2, 0.25) is 5.91 Å². The first-order valence-corrected chi connectivity index (χ1v) is 9.72. The zero-order valence-corrected chi connectivity index (χ0v) is 15.8. The van der Waals surface area contributed by atoms with Gasteiger partial charge in [-0.25, -0.2) is 0 Å². The molecule has 2 heterocycles. The predicted octanol–water partition coefficient (Wildman–Crippen LogP) is 4.02. The molecule has 1 fully saturated rings. The summed E-state index contributed by atoms with van der Waals surface area (Å²) < 4.78 is 0. The van der Waals surface area contributed by atoms with E-state index in [2.05, 4.69) is 5.32 Å². The van der Waals surface area contributed by atoms with Crippen molar-refractivity contribution in [2.45, 2.75) is 25.3 Å². The Morgan fingerprint density at radius 3 is 2.56 bits per heavy atom. The Bertz CT molecular complexity index is 756. The quantitative estimate of drug-likeness (QED) is 0.847. The van der Waals surface area contributed by atoms with Crippen molar-refractivity contribution in [3.8, 4) is 0 Å². The second-order valence-corrected chi connectivity index (χ2v) is 7.87. The number of amides is 2. The second-order valence-electron chi connectivity index (χ2n) is 6.02. The van der Waals surface area contributed by atoms with Gasteiger partial charge in [0.25, 0.3) is 5.91 Å². The van der Waals surface area contributed by atoms with Crippen LogP contribution in [0.2, 0.25) is 10.0 Å². The minimum atomic E-state index is -0.0538. The van der Waals surface area contributed by atoms with Crippen molar-refractivity contribution >= 4 is 46.4 Å². The zero-order valence-electron chi connectivity index (χ0n) is 13.5. The van der Waals surface area contributed by atoms with E-state index in [1.54, 1.807) is 34.4 Å². The van der Waals surface area contributed by atoms with Crippen LogP contribution in [0, 0.1) is 0 Å². The Morgan fingerprint density at radius 1 is 1.16 bits per heavy atom. The summed E-state index contributed by atoms with van der Waals surface area (Å²) in [6.07, 6.45) is 1.92. The number of rotatable bonds is 4. The molecule has 25 heavy (non-hydrogen) atoms. The van der Waals surface area contributed by atoms with Crippen molar-refractivity contribution in [1.82, 2.24) is 10.2 Å². The van der Waals surface area contributed by atoms with Crippen LogP contribution in [0.1, 0.15) is 28.1 Å². The lowest BCUT2D eigenvalue weighted by Gasteiger charge is -2.32. The molecule has 0 radical (unpaired) electrons. The predicted molar refractivity (Wildman–Crippen MR) is 102 cm³/mol. The van der Waals surface area contributed by atoms with Gasteiger partial charge in [0.1, 0.15) is 0 Å². The van der Waals surface area contributed by atoms with Crippen LogP contribution in [-0.4, -0.2) is 35.8 Å². The van der Waals surface area contributed by atoms with Gasteiger partial charge in [0.05, 0.1) is 16.5 Å². The summed E-state index contributed by atoms with van der Waals surface area (Å²) in [5.74, 6) is -0.0151. The van der Waals surface area contributed by atoms with Gasteiger partial charge < -0.3 is 10.2 Å². The zero-order chi connectivity index (χ0) is 17.8. The largest absolute Gasteiger partial charge is 0.353 e. The van der Waals surface area contributed by atoms with Crippen molar-refractivity contribution in [2.24, 2.45) is 0 Å². The minimum Gasteiger partial charge on any atom is -0.353 e. The molecule has 7 heteroatoms. The van der Waals surface area contributed by atoms with Crippen LogP contribution in [0.5, 0.6) is 0 Å². The van der Waals surface area contributed by atoms with Crippen molar-refractivity contribution in [2.75, 3.05) is 13.1 Å².